The second kappa shape index (κ2) is 8.64. The predicted molar refractivity (Wildman–Crippen MR) is 104 cm³/mol. The molecular formula is C20H18FN3O2S. The maximum absolute atomic E-state index is 13.3. The zero-order valence-electron chi connectivity index (χ0n) is 14.9. The van der Waals surface area contributed by atoms with Crippen molar-refractivity contribution in [3.8, 4) is 11.6 Å². The molecule has 0 aliphatic rings. The highest BCUT2D eigenvalue weighted by molar-refractivity contribution is 8.00. The summed E-state index contributed by atoms with van der Waals surface area (Å²) in [5, 5.41) is 3.26. The second-order valence-electron chi connectivity index (χ2n) is 5.88. The summed E-state index contributed by atoms with van der Waals surface area (Å²) in [6.07, 6.45) is 3.08. The number of nitrogens with one attached hydrogen (secondary N) is 1. The van der Waals surface area contributed by atoms with Crippen molar-refractivity contribution >= 4 is 23.4 Å². The smallest absolute Gasteiger partial charge is 0.252 e. The molecular weight excluding hydrogens is 365 g/mol. The Hall–Kier alpha value is -2.93. The Kier molecular flexibility index (Phi) is 6.03. The van der Waals surface area contributed by atoms with Gasteiger partial charge in [-0.15, -0.1) is 0 Å². The number of benzene rings is 2. The van der Waals surface area contributed by atoms with E-state index in [1.807, 2.05) is 31.2 Å². The molecule has 0 unspecified atom stereocenters. The third kappa shape index (κ3) is 5.27. The summed E-state index contributed by atoms with van der Waals surface area (Å²) in [4.78, 5) is 20.6. The number of thioether (sulfide) groups is 1. The molecule has 3 rings (SSSR count). The van der Waals surface area contributed by atoms with Gasteiger partial charge >= 0.3 is 0 Å². The lowest BCUT2D eigenvalue weighted by molar-refractivity contribution is -0.113. The van der Waals surface area contributed by atoms with Crippen molar-refractivity contribution in [1.29, 1.82) is 0 Å². The van der Waals surface area contributed by atoms with Gasteiger partial charge in [0.05, 0.1) is 5.75 Å². The highest BCUT2D eigenvalue weighted by atomic mass is 32.2. The molecule has 0 saturated heterocycles. The number of aryl methyl sites for hydroxylation is 2. The van der Waals surface area contributed by atoms with Gasteiger partial charge in [-0.1, -0.05) is 29.5 Å². The van der Waals surface area contributed by atoms with Crippen molar-refractivity contribution in [1.82, 2.24) is 9.97 Å². The fourth-order valence-electron chi connectivity index (χ4n) is 2.25. The minimum Gasteiger partial charge on any atom is -0.437 e. The van der Waals surface area contributed by atoms with Crippen LogP contribution in [-0.4, -0.2) is 21.6 Å². The number of ether oxygens (including phenoxy) is 1. The lowest BCUT2D eigenvalue weighted by Crippen LogP contribution is -2.14. The van der Waals surface area contributed by atoms with E-state index in [0.29, 0.717) is 27.9 Å². The van der Waals surface area contributed by atoms with E-state index in [-0.39, 0.29) is 17.5 Å². The standard InChI is InChI=1S/C20H18FN3O2S/c1-13-3-6-16(7-4-13)26-19-20(23-10-9-22-19)27-12-18(25)24-15-5-8-17(21)14(2)11-15/h3-11H,12H2,1-2H3,(H,24,25). The largest absolute Gasteiger partial charge is 0.437 e. The second-order valence-corrected chi connectivity index (χ2v) is 6.85. The first-order valence-electron chi connectivity index (χ1n) is 8.25. The quantitative estimate of drug-likeness (QED) is 0.622. The van der Waals surface area contributed by atoms with Crippen LogP contribution < -0.4 is 10.1 Å². The molecule has 5 nitrogen and oxygen atoms in total. The molecule has 0 fully saturated rings. The third-order valence-corrected chi connectivity index (χ3v) is 4.61. The molecule has 1 heterocycles. The third-order valence-electron chi connectivity index (χ3n) is 3.65. The lowest BCUT2D eigenvalue weighted by Gasteiger charge is -2.09. The molecule has 0 atom stereocenters. The van der Waals surface area contributed by atoms with E-state index in [1.165, 1.54) is 30.1 Å². The molecule has 7 heteroatoms. The monoisotopic (exact) mass is 383 g/mol. The van der Waals surface area contributed by atoms with Crippen molar-refractivity contribution < 1.29 is 13.9 Å². The minimum absolute atomic E-state index is 0.124. The maximum Gasteiger partial charge on any atom is 0.252 e. The van der Waals surface area contributed by atoms with Gasteiger partial charge in [-0.25, -0.2) is 14.4 Å². The van der Waals surface area contributed by atoms with Gasteiger partial charge in [0.1, 0.15) is 11.6 Å². The Morgan fingerprint density at radius 1 is 1.11 bits per heavy atom. The molecule has 0 aliphatic carbocycles. The first-order valence-corrected chi connectivity index (χ1v) is 9.24. The topological polar surface area (TPSA) is 64.1 Å². The van der Waals surface area contributed by atoms with Crippen molar-refractivity contribution in [2.45, 2.75) is 18.9 Å². The summed E-state index contributed by atoms with van der Waals surface area (Å²) < 4.78 is 19.1. The van der Waals surface area contributed by atoms with Gasteiger partial charge in [0, 0.05) is 18.1 Å². The molecule has 138 valence electrons. The molecule has 2 aromatic carbocycles. The SMILES string of the molecule is Cc1ccc(Oc2nccnc2SCC(=O)Nc2ccc(F)c(C)c2)cc1. The molecule has 0 saturated carbocycles. The summed E-state index contributed by atoms with van der Waals surface area (Å²) in [6, 6.07) is 12.0. The summed E-state index contributed by atoms with van der Waals surface area (Å²) in [5.74, 6) is 0.586. The number of anilines is 1. The van der Waals surface area contributed by atoms with E-state index < -0.39 is 0 Å². The van der Waals surface area contributed by atoms with Crippen LogP contribution in [0.25, 0.3) is 0 Å². The minimum atomic E-state index is -0.306. The van der Waals surface area contributed by atoms with Crippen molar-refractivity contribution in [2.24, 2.45) is 0 Å². The van der Waals surface area contributed by atoms with Gasteiger partial charge < -0.3 is 10.1 Å². The highest BCUT2D eigenvalue weighted by Crippen LogP contribution is 2.29. The van der Waals surface area contributed by atoms with Gasteiger partial charge in [0.15, 0.2) is 5.03 Å². The van der Waals surface area contributed by atoms with Crippen LogP contribution in [0.15, 0.2) is 59.9 Å². The van der Waals surface area contributed by atoms with E-state index >= 15 is 0 Å². The van der Waals surface area contributed by atoms with Crippen LogP contribution in [0.2, 0.25) is 0 Å². The first kappa shape index (κ1) is 18.8. The average molecular weight is 383 g/mol. The van der Waals surface area contributed by atoms with Gasteiger partial charge in [0.25, 0.3) is 5.88 Å². The lowest BCUT2D eigenvalue weighted by atomic mass is 10.2. The van der Waals surface area contributed by atoms with Gasteiger partial charge in [0.2, 0.25) is 5.91 Å². The summed E-state index contributed by atoms with van der Waals surface area (Å²) in [5.41, 5.74) is 2.15. The summed E-state index contributed by atoms with van der Waals surface area (Å²) in [7, 11) is 0. The number of hydrogen-bond acceptors (Lipinski definition) is 5. The number of halogens is 1. The van der Waals surface area contributed by atoms with Crippen molar-refractivity contribution in [3.63, 3.8) is 0 Å². The first-order chi connectivity index (χ1) is 13.0. The van der Waals surface area contributed by atoms with E-state index in [0.717, 1.165) is 5.56 Å². The Bertz CT molecular complexity index is 948. The molecule has 0 bridgehead atoms. The Morgan fingerprint density at radius 3 is 2.59 bits per heavy atom. The molecule has 0 spiro atoms. The molecule has 3 aromatic rings. The zero-order chi connectivity index (χ0) is 19.2. The molecule has 1 N–H and O–H groups in total. The maximum atomic E-state index is 13.3. The van der Waals surface area contributed by atoms with E-state index in [4.69, 9.17) is 4.74 Å². The average Bonchev–Trinajstić information content (AvgIpc) is 2.66. The van der Waals surface area contributed by atoms with Crippen LogP contribution in [0.3, 0.4) is 0 Å². The van der Waals surface area contributed by atoms with Crippen LogP contribution in [-0.2, 0) is 4.79 Å². The van der Waals surface area contributed by atoms with E-state index in [9.17, 15) is 9.18 Å². The fourth-order valence-corrected chi connectivity index (χ4v) is 2.95. The molecule has 27 heavy (non-hydrogen) atoms. The van der Waals surface area contributed by atoms with Crippen LogP contribution in [0.1, 0.15) is 11.1 Å². The van der Waals surface area contributed by atoms with Gasteiger partial charge in [-0.3, -0.25) is 4.79 Å². The van der Waals surface area contributed by atoms with Crippen LogP contribution >= 0.6 is 11.8 Å². The highest BCUT2D eigenvalue weighted by Gasteiger charge is 2.12. The number of carbonyl (C=O) groups excluding carboxylic acids is 1. The Morgan fingerprint density at radius 2 is 1.85 bits per heavy atom. The predicted octanol–water partition coefficient (Wildman–Crippen LogP) is 4.76. The number of aromatic nitrogens is 2. The molecule has 1 amide bonds. The molecule has 1 aromatic heterocycles. The van der Waals surface area contributed by atoms with Crippen molar-refractivity contribution in [3.05, 3.63) is 71.8 Å². The number of hydrogen-bond donors (Lipinski definition) is 1. The number of nitrogens with zero attached hydrogens (tertiary/aromatic N) is 2. The van der Waals surface area contributed by atoms with E-state index in [2.05, 4.69) is 15.3 Å². The van der Waals surface area contributed by atoms with Gasteiger partial charge in [-0.05, 0) is 49.7 Å². The fraction of sp³-hybridized carbons (Fsp3) is 0.150. The Balaban J connectivity index is 1.62. The number of amides is 1. The summed E-state index contributed by atoms with van der Waals surface area (Å²) in [6.45, 7) is 3.64. The Labute approximate surface area is 161 Å². The molecule has 0 aliphatic heterocycles. The van der Waals surface area contributed by atoms with Crippen molar-refractivity contribution in [2.75, 3.05) is 11.1 Å². The van der Waals surface area contributed by atoms with E-state index in [1.54, 1.807) is 19.2 Å². The van der Waals surface area contributed by atoms with Gasteiger partial charge in [-0.2, -0.15) is 0 Å². The van der Waals surface area contributed by atoms with Crippen LogP contribution in [0.4, 0.5) is 10.1 Å². The van der Waals surface area contributed by atoms with Crippen LogP contribution in [0.5, 0.6) is 11.6 Å². The molecule has 0 radical (unpaired) electrons. The normalized spacial score (nSPS) is 10.5. The number of carbonyl (C=O) groups is 1. The zero-order valence-corrected chi connectivity index (χ0v) is 15.7. The number of rotatable bonds is 6. The summed E-state index contributed by atoms with van der Waals surface area (Å²) >= 11 is 1.22. The van der Waals surface area contributed by atoms with Crippen LogP contribution in [0, 0.1) is 19.7 Å².